The van der Waals surface area contributed by atoms with Gasteiger partial charge in [-0.05, 0) is 19.1 Å². The highest BCUT2D eigenvalue weighted by molar-refractivity contribution is 6.33. The minimum absolute atomic E-state index is 0.0972. The number of benzene rings is 1. The van der Waals surface area contributed by atoms with Crippen LogP contribution in [0.3, 0.4) is 0 Å². The summed E-state index contributed by atoms with van der Waals surface area (Å²) in [6.07, 6.45) is 0. The second-order valence-electron chi connectivity index (χ2n) is 3.34. The molecule has 0 radical (unpaired) electrons. The number of esters is 1. The summed E-state index contributed by atoms with van der Waals surface area (Å²) in [7, 11) is 1.23. The van der Waals surface area contributed by atoms with E-state index in [0.29, 0.717) is 5.56 Å². The van der Waals surface area contributed by atoms with Gasteiger partial charge in [-0.15, -0.1) is 11.6 Å². The number of hydrogen-bond donors (Lipinski definition) is 0. The van der Waals surface area contributed by atoms with E-state index in [9.17, 15) is 9.59 Å². The van der Waals surface area contributed by atoms with Gasteiger partial charge >= 0.3 is 5.97 Å². The Bertz CT molecular complexity index is 503. The van der Waals surface area contributed by atoms with Crippen LogP contribution in [0.5, 0.6) is 0 Å². The molecule has 0 aliphatic heterocycles. The molecule has 0 spiro atoms. The number of nitriles is 1. The van der Waals surface area contributed by atoms with Gasteiger partial charge in [0.15, 0.2) is 5.78 Å². The lowest BCUT2D eigenvalue weighted by molar-refractivity contribution is 0.0600. The number of alkyl halides is 1. The Balaban J connectivity index is 3.23. The van der Waals surface area contributed by atoms with E-state index in [0.717, 1.165) is 0 Å². The molecule has 1 unspecified atom stereocenters. The fourth-order valence-corrected chi connectivity index (χ4v) is 1.43. The maximum Gasteiger partial charge on any atom is 0.339 e. The Morgan fingerprint density at radius 3 is 2.59 bits per heavy atom. The molecule has 0 fully saturated rings. The van der Waals surface area contributed by atoms with Crippen molar-refractivity contribution in [3.05, 3.63) is 34.9 Å². The summed E-state index contributed by atoms with van der Waals surface area (Å²) in [5.41, 5.74) is 0.533. The van der Waals surface area contributed by atoms with Crippen molar-refractivity contribution in [2.24, 2.45) is 0 Å². The van der Waals surface area contributed by atoms with Crippen LogP contribution in [-0.4, -0.2) is 24.2 Å². The first-order chi connectivity index (χ1) is 8.01. The molecule has 4 nitrogen and oxygen atoms in total. The standard InChI is InChI=1S/C12H10ClNO3/c1-7(13)11(15)8-3-4-10(12(16)17-2)9(5-8)6-14/h3-5,7H,1-2H3. The van der Waals surface area contributed by atoms with Crippen molar-refractivity contribution in [1.29, 1.82) is 5.26 Å². The van der Waals surface area contributed by atoms with Crippen LogP contribution in [0.15, 0.2) is 18.2 Å². The summed E-state index contributed by atoms with van der Waals surface area (Å²) in [6, 6.07) is 6.03. The van der Waals surface area contributed by atoms with E-state index in [1.807, 2.05) is 6.07 Å². The summed E-state index contributed by atoms with van der Waals surface area (Å²) in [4.78, 5) is 22.9. The third kappa shape index (κ3) is 2.83. The average Bonchev–Trinajstić information content (AvgIpc) is 2.35. The first kappa shape index (κ1) is 13.2. The minimum Gasteiger partial charge on any atom is -0.465 e. The van der Waals surface area contributed by atoms with Crippen molar-refractivity contribution in [1.82, 2.24) is 0 Å². The molecule has 1 aromatic carbocycles. The predicted molar refractivity (Wildman–Crippen MR) is 62.1 cm³/mol. The van der Waals surface area contributed by atoms with Crippen molar-refractivity contribution in [2.75, 3.05) is 7.11 Å². The minimum atomic E-state index is -0.675. The van der Waals surface area contributed by atoms with E-state index in [2.05, 4.69) is 4.74 Å². The molecule has 0 aromatic heterocycles. The molecular formula is C12H10ClNO3. The maximum absolute atomic E-state index is 11.6. The van der Waals surface area contributed by atoms with E-state index in [4.69, 9.17) is 16.9 Å². The van der Waals surface area contributed by atoms with E-state index < -0.39 is 11.3 Å². The van der Waals surface area contributed by atoms with Gasteiger partial charge in [0.25, 0.3) is 0 Å². The Kier molecular flexibility index (Phi) is 4.24. The van der Waals surface area contributed by atoms with Crippen LogP contribution in [0.1, 0.15) is 33.2 Å². The number of Topliss-reactive ketones (excluding diaryl/α,β-unsaturated/α-hetero) is 1. The predicted octanol–water partition coefficient (Wildman–Crippen LogP) is 2.15. The lowest BCUT2D eigenvalue weighted by Crippen LogP contribution is -2.12. The van der Waals surface area contributed by atoms with Crippen molar-refractivity contribution in [3.63, 3.8) is 0 Å². The van der Waals surface area contributed by atoms with E-state index in [1.54, 1.807) is 6.92 Å². The Morgan fingerprint density at radius 2 is 2.12 bits per heavy atom. The molecule has 0 heterocycles. The number of carbonyl (C=O) groups is 2. The zero-order chi connectivity index (χ0) is 13.0. The van der Waals surface area contributed by atoms with Crippen LogP contribution in [0, 0.1) is 11.3 Å². The largest absolute Gasteiger partial charge is 0.465 e. The lowest BCUT2D eigenvalue weighted by atomic mass is 10.0. The monoisotopic (exact) mass is 251 g/mol. The first-order valence-corrected chi connectivity index (χ1v) is 5.25. The number of halogens is 1. The van der Waals surface area contributed by atoms with Gasteiger partial charge in [0.1, 0.15) is 6.07 Å². The molecule has 0 bridgehead atoms. The van der Waals surface area contributed by atoms with Crippen LogP contribution in [-0.2, 0) is 4.74 Å². The molecule has 88 valence electrons. The molecule has 0 N–H and O–H groups in total. The van der Waals surface area contributed by atoms with Crippen LogP contribution in [0.2, 0.25) is 0 Å². The fraction of sp³-hybridized carbons (Fsp3) is 0.250. The second kappa shape index (κ2) is 5.46. The van der Waals surface area contributed by atoms with Gasteiger partial charge in [0, 0.05) is 5.56 Å². The average molecular weight is 252 g/mol. The quantitative estimate of drug-likeness (QED) is 0.469. The summed E-state index contributed by atoms with van der Waals surface area (Å²) in [5, 5.41) is 8.23. The van der Waals surface area contributed by atoms with Gasteiger partial charge in [-0.2, -0.15) is 5.26 Å². The number of carbonyl (C=O) groups excluding carboxylic acids is 2. The van der Waals surface area contributed by atoms with Gasteiger partial charge in [-0.1, -0.05) is 6.07 Å². The Hall–Kier alpha value is -1.86. The highest BCUT2D eigenvalue weighted by Gasteiger charge is 2.17. The summed E-state index contributed by atoms with van der Waals surface area (Å²) in [6.45, 7) is 1.55. The van der Waals surface area contributed by atoms with Crippen molar-refractivity contribution in [3.8, 4) is 6.07 Å². The number of rotatable bonds is 3. The van der Waals surface area contributed by atoms with E-state index >= 15 is 0 Å². The molecule has 5 heteroatoms. The van der Waals surface area contributed by atoms with Gasteiger partial charge in [0.2, 0.25) is 0 Å². The third-order valence-corrected chi connectivity index (χ3v) is 2.39. The Labute approximate surface area is 104 Å². The summed E-state index contributed by atoms with van der Waals surface area (Å²) < 4.78 is 4.53. The molecule has 0 saturated carbocycles. The molecule has 17 heavy (non-hydrogen) atoms. The lowest BCUT2D eigenvalue weighted by Gasteiger charge is -2.06. The van der Waals surface area contributed by atoms with Gasteiger partial charge in [-0.25, -0.2) is 4.79 Å². The van der Waals surface area contributed by atoms with Crippen molar-refractivity contribution in [2.45, 2.75) is 12.3 Å². The van der Waals surface area contributed by atoms with Crippen LogP contribution >= 0.6 is 11.6 Å². The molecule has 0 saturated heterocycles. The number of hydrogen-bond acceptors (Lipinski definition) is 4. The molecule has 0 aliphatic carbocycles. The number of nitrogens with zero attached hydrogens (tertiary/aromatic N) is 1. The fourth-order valence-electron chi connectivity index (χ4n) is 1.31. The normalized spacial score (nSPS) is 11.4. The number of ketones is 1. The van der Waals surface area contributed by atoms with Crippen molar-refractivity contribution >= 4 is 23.4 Å². The zero-order valence-electron chi connectivity index (χ0n) is 9.36. The number of methoxy groups -OCH3 is 1. The molecule has 1 aromatic rings. The van der Waals surface area contributed by atoms with Gasteiger partial charge in [0.05, 0.1) is 23.6 Å². The van der Waals surface area contributed by atoms with Crippen molar-refractivity contribution < 1.29 is 14.3 Å². The smallest absolute Gasteiger partial charge is 0.339 e. The zero-order valence-corrected chi connectivity index (χ0v) is 10.1. The summed E-state index contributed by atoms with van der Waals surface area (Å²) >= 11 is 5.66. The molecule has 0 aliphatic rings. The van der Waals surface area contributed by atoms with E-state index in [-0.39, 0.29) is 16.9 Å². The van der Waals surface area contributed by atoms with Crippen LogP contribution in [0.25, 0.3) is 0 Å². The molecule has 1 rings (SSSR count). The third-order valence-electron chi connectivity index (χ3n) is 2.19. The van der Waals surface area contributed by atoms with Crippen LogP contribution in [0.4, 0.5) is 0 Å². The first-order valence-electron chi connectivity index (χ1n) is 4.82. The Morgan fingerprint density at radius 1 is 1.47 bits per heavy atom. The van der Waals surface area contributed by atoms with Gasteiger partial charge in [-0.3, -0.25) is 4.79 Å². The topological polar surface area (TPSA) is 67.2 Å². The van der Waals surface area contributed by atoms with Crippen LogP contribution < -0.4 is 0 Å². The summed E-state index contributed by atoms with van der Waals surface area (Å²) in [5.74, 6) is -0.904. The molecule has 1 atom stereocenters. The van der Waals surface area contributed by atoms with E-state index in [1.165, 1.54) is 25.3 Å². The second-order valence-corrected chi connectivity index (χ2v) is 4.00. The number of ether oxygens (including phenoxy) is 1. The molecular weight excluding hydrogens is 242 g/mol. The molecule has 0 amide bonds. The van der Waals surface area contributed by atoms with Gasteiger partial charge < -0.3 is 4.74 Å². The maximum atomic E-state index is 11.6. The highest BCUT2D eigenvalue weighted by atomic mass is 35.5. The SMILES string of the molecule is COC(=O)c1ccc(C(=O)C(C)Cl)cc1C#N. The highest BCUT2D eigenvalue weighted by Crippen LogP contribution is 2.15.